The first-order valence-corrected chi connectivity index (χ1v) is 9.25. The number of furan rings is 1. The second kappa shape index (κ2) is 8.85. The van der Waals surface area contributed by atoms with Gasteiger partial charge in [0.2, 0.25) is 0 Å². The fourth-order valence-corrected chi connectivity index (χ4v) is 3.61. The first kappa shape index (κ1) is 20.7. The number of methoxy groups -OCH3 is 1. The number of carbonyl (C=O) groups excluding carboxylic acids is 1. The highest BCUT2D eigenvalue weighted by Gasteiger charge is 2.24. The molecule has 2 heterocycles. The lowest BCUT2D eigenvalue weighted by Crippen LogP contribution is -2.36. The molecule has 0 spiro atoms. The normalized spacial score (nSPS) is 10.8. The van der Waals surface area contributed by atoms with Gasteiger partial charge in [0.1, 0.15) is 5.75 Å². The molecule has 1 aromatic carbocycles. The van der Waals surface area contributed by atoms with Gasteiger partial charge in [0, 0.05) is 13.1 Å². The van der Waals surface area contributed by atoms with Crippen molar-refractivity contribution in [3.63, 3.8) is 0 Å². The Balaban J connectivity index is 0.00000243. The van der Waals surface area contributed by atoms with Crippen LogP contribution in [0.5, 0.6) is 5.75 Å². The van der Waals surface area contributed by atoms with E-state index in [1.54, 1.807) is 24.1 Å². The fourth-order valence-electron chi connectivity index (χ4n) is 2.28. The predicted molar refractivity (Wildman–Crippen MR) is 110 cm³/mol. The summed E-state index contributed by atoms with van der Waals surface area (Å²) < 4.78 is 12.2. The van der Waals surface area contributed by atoms with Crippen LogP contribution in [0, 0.1) is 0 Å². The second-order valence-electron chi connectivity index (χ2n) is 5.69. The molecule has 0 N–H and O–H groups in total. The molecule has 0 radical (unpaired) electrons. The summed E-state index contributed by atoms with van der Waals surface area (Å²) in [6.07, 6.45) is 0. The Labute approximate surface area is 170 Å². The maximum Gasteiger partial charge on any atom is 0.295 e. The van der Waals surface area contributed by atoms with Crippen LogP contribution in [0.4, 0.5) is 5.13 Å². The zero-order valence-corrected chi connectivity index (χ0v) is 17.8. The highest BCUT2D eigenvalue weighted by atomic mass is 79.9. The Morgan fingerprint density at radius 3 is 2.65 bits per heavy atom. The molecular weight excluding hydrogens is 442 g/mol. The monoisotopic (exact) mass is 459 g/mol. The Morgan fingerprint density at radius 2 is 2.04 bits per heavy atom. The van der Waals surface area contributed by atoms with E-state index in [1.165, 1.54) is 11.3 Å². The summed E-state index contributed by atoms with van der Waals surface area (Å²) in [6.45, 7) is 1.23. The maximum atomic E-state index is 12.9. The van der Waals surface area contributed by atoms with Crippen molar-refractivity contribution in [1.82, 2.24) is 9.88 Å². The molecule has 2 aromatic heterocycles. The predicted octanol–water partition coefficient (Wildman–Crippen LogP) is 4.29. The maximum absolute atomic E-state index is 12.9. The van der Waals surface area contributed by atoms with Gasteiger partial charge in [-0.15, -0.1) is 12.4 Å². The van der Waals surface area contributed by atoms with Crippen molar-refractivity contribution >= 4 is 60.9 Å². The van der Waals surface area contributed by atoms with Gasteiger partial charge in [0.25, 0.3) is 5.91 Å². The first-order valence-electron chi connectivity index (χ1n) is 7.64. The molecule has 0 unspecified atom stereocenters. The van der Waals surface area contributed by atoms with Crippen LogP contribution in [0.25, 0.3) is 10.2 Å². The van der Waals surface area contributed by atoms with Crippen LogP contribution >= 0.6 is 39.7 Å². The van der Waals surface area contributed by atoms with Crippen LogP contribution in [0.15, 0.2) is 39.4 Å². The molecule has 0 saturated heterocycles. The molecule has 0 saturated carbocycles. The van der Waals surface area contributed by atoms with Crippen molar-refractivity contribution in [2.45, 2.75) is 0 Å². The van der Waals surface area contributed by atoms with Crippen LogP contribution in [0.1, 0.15) is 10.6 Å². The lowest BCUT2D eigenvalue weighted by molar-refractivity contribution is 0.0957. The van der Waals surface area contributed by atoms with Crippen molar-refractivity contribution in [2.75, 3.05) is 39.2 Å². The number of amides is 1. The van der Waals surface area contributed by atoms with Crippen LogP contribution < -0.4 is 9.64 Å². The quantitative estimate of drug-likeness (QED) is 0.549. The van der Waals surface area contributed by atoms with Crippen LogP contribution in [-0.2, 0) is 0 Å². The van der Waals surface area contributed by atoms with Crippen molar-refractivity contribution in [2.24, 2.45) is 0 Å². The van der Waals surface area contributed by atoms with Gasteiger partial charge in [0.05, 0.1) is 17.3 Å². The Bertz CT molecular complexity index is 896. The minimum absolute atomic E-state index is 0. The van der Waals surface area contributed by atoms with Crippen LogP contribution in [-0.4, -0.2) is 50.1 Å². The van der Waals surface area contributed by atoms with E-state index in [9.17, 15) is 4.79 Å². The van der Waals surface area contributed by atoms with Crippen molar-refractivity contribution in [1.29, 1.82) is 0 Å². The van der Waals surface area contributed by atoms with Crippen molar-refractivity contribution in [3.05, 3.63) is 40.8 Å². The molecular formula is C17H19BrClN3O3S. The van der Waals surface area contributed by atoms with E-state index in [2.05, 4.69) is 20.9 Å². The van der Waals surface area contributed by atoms with Crippen LogP contribution in [0.3, 0.4) is 0 Å². The molecule has 0 aliphatic heterocycles. The fraction of sp³-hybridized carbons (Fsp3) is 0.294. The molecule has 140 valence electrons. The zero-order valence-electron chi connectivity index (χ0n) is 14.6. The number of aromatic nitrogens is 1. The number of hydrogen-bond acceptors (Lipinski definition) is 6. The molecule has 3 rings (SSSR count). The Morgan fingerprint density at radius 1 is 1.27 bits per heavy atom. The minimum atomic E-state index is -0.210. The third kappa shape index (κ3) is 4.56. The Hall–Kier alpha value is -1.61. The molecule has 0 atom stereocenters. The number of hydrogen-bond donors (Lipinski definition) is 0. The zero-order chi connectivity index (χ0) is 18.0. The van der Waals surface area contributed by atoms with E-state index in [0.29, 0.717) is 22.9 Å². The standard InChI is InChI=1S/C17H18BrN3O3S.ClH/c1-20(2)8-9-21(16(22)13-6-7-15(18)24-13)17-19-12-5-4-11(23-3)10-14(12)25-17;/h4-7,10H,8-9H2,1-3H3;1H. The van der Waals surface area contributed by atoms with Gasteiger partial charge in [-0.1, -0.05) is 11.3 Å². The average molecular weight is 461 g/mol. The average Bonchev–Trinajstić information content (AvgIpc) is 3.19. The molecule has 0 fully saturated rings. The summed E-state index contributed by atoms with van der Waals surface area (Å²) in [5.74, 6) is 0.838. The number of thiazole rings is 1. The van der Waals surface area contributed by atoms with Crippen LogP contribution in [0.2, 0.25) is 0 Å². The van der Waals surface area contributed by atoms with Gasteiger partial charge in [0.15, 0.2) is 15.6 Å². The van der Waals surface area contributed by atoms with Gasteiger partial charge in [-0.05, 0) is 60.4 Å². The number of nitrogens with zero attached hydrogens (tertiary/aromatic N) is 3. The number of rotatable bonds is 6. The molecule has 0 aliphatic rings. The van der Waals surface area contributed by atoms with E-state index < -0.39 is 0 Å². The highest BCUT2D eigenvalue weighted by Crippen LogP contribution is 2.32. The third-order valence-corrected chi connectivity index (χ3v) is 5.08. The van der Waals surface area contributed by atoms with Gasteiger partial charge < -0.3 is 14.1 Å². The second-order valence-corrected chi connectivity index (χ2v) is 7.48. The molecule has 3 aromatic rings. The van der Waals surface area contributed by atoms with Gasteiger partial charge in [-0.3, -0.25) is 9.69 Å². The summed E-state index contributed by atoms with van der Waals surface area (Å²) in [7, 11) is 5.56. The smallest absolute Gasteiger partial charge is 0.295 e. The van der Waals surface area contributed by atoms with E-state index in [-0.39, 0.29) is 24.1 Å². The first-order chi connectivity index (χ1) is 12.0. The molecule has 1 amide bonds. The molecule has 6 nitrogen and oxygen atoms in total. The number of benzene rings is 1. The minimum Gasteiger partial charge on any atom is -0.497 e. The van der Waals surface area contributed by atoms with E-state index >= 15 is 0 Å². The van der Waals surface area contributed by atoms with E-state index in [1.807, 2.05) is 37.2 Å². The number of likely N-dealkylation sites (N-methyl/N-ethyl adjacent to an activating group) is 1. The van der Waals surface area contributed by atoms with Gasteiger partial charge in [-0.25, -0.2) is 4.98 Å². The SMILES string of the molecule is COc1ccc2nc(N(CCN(C)C)C(=O)c3ccc(Br)o3)sc2c1.Cl. The van der Waals surface area contributed by atoms with E-state index in [4.69, 9.17) is 9.15 Å². The third-order valence-electron chi connectivity index (χ3n) is 3.62. The van der Waals surface area contributed by atoms with Gasteiger partial charge >= 0.3 is 0 Å². The number of carbonyl (C=O) groups is 1. The number of halogens is 2. The van der Waals surface area contributed by atoms with E-state index in [0.717, 1.165) is 16.0 Å². The molecule has 9 heteroatoms. The highest BCUT2D eigenvalue weighted by molar-refractivity contribution is 9.10. The summed E-state index contributed by atoms with van der Waals surface area (Å²) in [6, 6.07) is 9.05. The molecule has 26 heavy (non-hydrogen) atoms. The lowest BCUT2D eigenvalue weighted by Gasteiger charge is -2.20. The van der Waals surface area contributed by atoms with Crippen molar-refractivity contribution in [3.8, 4) is 5.75 Å². The van der Waals surface area contributed by atoms with Gasteiger partial charge in [-0.2, -0.15) is 0 Å². The summed E-state index contributed by atoms with van der Waals surface area (Å²) in [4.78, 5) is 21.2. The Kier molecular flexibility index (Phi) is 7.05. The number of ether oxygens (including phenoxy) is 1. The topological polar surface area (TPSA) is 58.8 Å². The number of anilines is 1. The summed E-state index contributed by atoms with van der Waals surface area (Å²) in [5, 5.41) is 0.641. The lowest BCUT2D eigenvalue weighted by atomic mass is 10.3. The largest absolute Gasteiger partial charge is 0.497 e. The van der Waals surface area contributed by atoms with Crippen molar-refractivity contribution < 1.29 is 13.9 Å². The summed E-state index contributed by atoms with van der Waals surface area (Å²) >= 11 is 4.70. The molecule has 0 bridgehead atoms. The number of fused-ring (bicyclic) bond motifs is 1. The summed E-state index contributed by atoms with van der Waals surface area (Å²) in [5.41, 5.74) is 0.837. The molecule has 0 aliphatic carbocycles.